The Balaban J connectivity index is 1.68. The van der Waals surface area contributed by atoms with Gasteiger partial charge in [0.15, 0.2) is 0 Å². The zero-order valence-corrected chi connectivity index (χ0v) is 19.1. The van der Waals surface area contributed by atoms with Crippen LogP contribution in [0.1, 0.15) is 63.7 Å². The standard InChI is InChI=1S/C25H24F3N5O3/c26-25(27,28)17-11-16(8-9-20(17)33-13-31-18-6-1-2-7-21(18)33)24(36)32-19(12-22(34)35)14-4-3-5-15(10-14)23(29)30/h3-5,8-11,13,19H,1-2,6-7,12H2,(H3,29,30)(H,32,36)(H,34,35). The highest BCUT2D eigenvalue weighted by molar-refractivity contribution is 5.96. The van der Waals surface area contributed by atoms with Crippen molar-refractivity contribution in [3.8, 4) is 5.69 Å². The minimum absolute atomic E-state index is 0.119. The minimum Gasteiger partial charge on any atom is -0.481 e. The van der Waals surface area contributed by atoms with Gasteiger partial charge < -0.3 is 20.7 Å². The first-order valence-electron chi connectivity index (χ1n) is 11.3. The molecule has 4 rings (SSSR count). The van der Waals surface area contributed by atoms with Gasteiger partial charge in [0, 0.05) is 16.8 Å². The van der Waals surface area contributed by atoms with Gasteiger partial charge in [0.25, 0.3) is 5.91 Å². The third-order valence-corrected chi connectivity index (χ3v) is 6.14. The summed E-state index contributed by atoms with van der Waals surface area (Å²) < 4.78 is 43.6. The Morgan fingerprint density at radius 2 is 1.89 bits per heavy atom. The van der Waals surface area contributed by atoms with Crippen molar-refractivity contribution in [1.29, 1.82) is 5.41 Å². The second kappa shape index (κ2) is 9.84. The topological polar surface area (TPSA) is 134 Å². The third kappa shape index (κ3) is 5.24. The molecular formula is C25H24F3N5O3. The normalized spacial score (nSPS) is 14.1. The second-order valence-corrected chi connectivity index (χ2v) is 8.61. The van der Waals surface area contributed by atoms with Gasteiger partial charge in [0.2, 0.25) is 0 Å². The number of alkyl halides is 3. The quantitative estimate of drug-likeness (QED) is 0.288. The molecule has 1 atom stereocenters. The van der Waals surface area contributed by atoms with Gasteiger partial charge in [-0.25, -0.2) is 4.98 Å². The lowest BCUT2D eigenvalue weighted by Gasteiger charge is -2.21. The number of aromatic nitrogens is 2. The van der Waals surface area contributed by atoms with Gasteiger partial charge in [-0.15, -0.1) is 0 Å². The number of amides is 1. The number of carboxylic acid groups (broad SMARTS) is 1. The molecule has 0 bridgehead atoms. The maximum Gasteiger partial charge on any atom is 0.418 e. The number of nitrogens with one attached hydrogen (secondary N) is 2. The van der Waals surface area contributed by atoms with E-state index in [9.17, 15) is 27.9 Å². The van der Waals surface area contributed by atoms with Crippen molar-refractivity contribution < 1.29 is 27.9 Å². The Morgan fingerprint density at radius 3 is 2.58 bits per heavy atom. The van der Waals surface area contributed by atoms with E-state index in [-0.39, 0.29) is 17.1 Å². The fourth-order valence-corrected chi connectivity index (χ4v) is 4.38. The smallest absolute Gasteiger partial charge is 0.418 e. The van der Waals surface area contributed by atoms with Gasteiger partial charge >= 0.3 is 12.1 Å². The van der Waals surface area contributed by atoms with Crippen molar-refractivity contribution in [1.82, 2.24) is 14.9 Å². The molecule has 1 heterocycles. The molecule has 0 aliphatic heterocycles. The molecule has 36 heavy (non-hydrogen) atoms. The van der Waals surface area contributed by atoms with Crippen molar-refractivity contribution in [2.75, 3.05) is 0 Å². The summed E-state index contributed by atoms with van der Waals surface area (Å²) in [5.74, 6) is -2.33. The maximum atomic E-state index is 14.1. The number of hydrogen-bond acceptors (Lipinski definition) is 4. The monoisotopic (exact) mass is 499 g/mol. The average Bonchev–Trinajstić information content (AvgIpc) is 3.26. The number of aliphatic carboxylic acids is 1. The lowest BCUT2D eigenvalue weighted by atomic mass is 9.99. The van der Waals surface area contributed by atoms with Crippen LogP contribution in [0.2, 0.25) is 0 Å². The number of nitrogens with zero attached hydrogens (tertiary/aromatic N) is 2. The van der Waals surface area contributed by atoms with E-state index in [1.54, 1.807) is 18.2 Å². The first-order chi connectivity index (χ1) is 17.0. The molecule has 1 aliphatic carbocycles. The minimum atomic E-state index is -4.74. The maximum absolute atomic E-state index is 14.1. The first kappa shape index (κ1) is 25.0. The van der Waals surface area contributed by atoms with Gasteiger partial charge in [-0.1, -0.05) is 18.2 Å². The van der Waals surface area contributed by atoms with Gasteiger partial charge in [-0.2, -0.15) is 13.2 Å². The van der Waals surface area contributed by atoms with Crippen LogP contribution in [-0.2, 0) is 23.8 Å². The number of aryl methyl sites for hydroxylation is 1. The van der Waals surface area contributed by atoms with Crippen LogP contribution in [0.3, 0.4) is 0 Å². The van der Waals surface area contributed by atoms with E-state index in [0.29, 0.717) is 24.0 Å². The predicted octanol–water partition coefficient (Wildman–Crippen LogP) is 4.00. The fraction of sp³-hybridized carbons (Fsp3) is 0.280. The summed E-state index contributed by atoms with van der Waals surface area (Å²) in [6, 6.07) is 8.34. The number of imidazole rings is 1. The van der Waals surface area contributed by atoms with Gasteiger partial charge in [0.1, 0.15) is 5.84 Å². The summed E-state index contributed by atoms with van der Waals surface area (Å²) in [6.07, 6.45) is -0.763. The van der Waals surface area contributed by atoms with E-state index < -0.39 is 36.1 Å². The number of benzene rings is 2. The highest BCUT2D eigenvalue weighted by atomic mass is 19.4. The van der Waals surface area contributed by atoms with Crippen molar-refractivity contribution in [2.45, 2.75) is 44.3 Å². The van der Waals surface area contributed by atoms with Crippen molar-refractivity contribution in [3.63, 3.8) is 0 Å². The first-order valence-corrected chi connectivity index (χ1v) is 11.3. The molecule has 11 heteroatoms. The van der Waals surface area contributed by atoms with Crippen LogP contribution in [0.15, 0.2) is 48.8 Å². The van der Waals surface area contributed by atoms with E-state index >= 15 is 0 Å². The number of amidine groups is 1. The highest BCUT2D eigenvalue weighted by Crippen LogP contribution is 2.36. The molecule has 0 spiro atoms. The zero-order valence-electron chi connectivity index (χ0n) is 19.1. The van der Waals surface area contributed by atoms with Gasteiger partial charge in [-0.3, -0.25) is 15.0 Å². The Bertz CT molecular complexity index is 1330. The van der Waals surface area contributed by atoms with Gasteiger partial charge in [0.05, 0.1) is 35.7 Å². The number of nitrogens with two attached hydrogens (primary N) is 1. The van der Waals surface area contributed by atoms with Crippen LogP contribution in [-0.4, -0.2) is 32.4 Å². The third-order valence-electron chi connectivity index (χ3n) is 6.14. The number of rotatable bonds is 7. The van der Waals surface area contributed by atoms with Crippen LogP contribution in [0.25, 0.3) is 5.69 Å². The molecule has 2 aromatic carbocycles. The molecule has 1 unspecified atom stereocenters. The van der Waals surface area contributed by atoms with E-state index in [1.165, 1.54) is 29.1 Å². The largest absolute Gasteiger partial charge is 0.481 e. The Labute approximate surface area is 204 Å². The van der Waals surface area contributed by atoms with Crippen LogP contribution in [0.4, 0.5) is 13.2 Å². The van der Waals surface area contributed by atoms with Crippen LogP contribution in [0, 0.1) is 5.41 Å². The molecular weight excluding hydrogens is 475 g/mol. The van der Waals surface area contributed by atoms with Gasteiger partial charge in [-0.05, 0) is 55.5 Å². The summed E-state index contributed by atoms with van der Waals surface area (Å²) in [4.78, 5) is 28.7. The zero-order chi connectivity index (χ0) is 26.0. The molecule has 1 amide bonds. The van der Waals surface area contributed by atoms with E-state index in [1.807, 2.05) is 0 Å². The lowest BCUT2D eigenvalue weighted by molar-refractivity contribution is -0.138. The molecule has 8 nitrogen and oxygen atoms in total. The molecule has 0 saturated heterocycles. The average molecular weight is 499 g/mol. The fourth-order valence-electron chi connectivity index (χ4n) is 4.38. The van der Waals surface area contributed by atoms with Crippen molar-refractivity contribution in [2.24, 2.45) is 5.73 Å². The van der Waals surface area contributed by atoms with Crippen LogP contribution >= 0.6 is 0 Å². The second-order valence-electron chi connectivity index (χ2n) is 8.61. The van der Waals surface area contributed by atoms with Crippen molar-refractivity contribution in [3.05, 3.63) is 82.4 Å². The van der Waals surface area contributed by atoms with E-state index in [2.05, 4.69) is 10.3 Å². The summed E-state index contributed by atoms with van der Waals surface area (Å²) in [5, 5.41) is 19.4. The van der Waals surface area contributed by atoms with Crippen LogP contribution < -0.4 is 11.1 Å². The summed E-state index contributed by atoms with van der Waals surface area (Å²) >= 11 is 0. The Kier molecular flexibility index (Phi) is 6.82. The molecule has 188 valence electrons. The predicted molar refractivity (Wildman–Crippen MR) is 125 cm³/mol. The molecule has 0 radical (unpaired) electrons. The Hall–Kier alpha value is -4.15. The molecule has 1 aliphatic rings. The summed E-state index contributed by atoms with van der Waals surface area (Å²) in [6.45, 7) is 0. The SMILES string of the molecule is N=C(N)c1cccc(C(CC(=O)O)NC(=O)c2ccc(-n3cnc4c3CCCC4)c(C(F)(F)F)c2)c1. The number of hydrogen-bond donors (Lipinski definition) is 4. The van der Waals surface area contributed by atoms with Crippen LogP contribution in [0.5, 0.6) is 0 Å². The number of halogens is 3. The number of carbonyl (C=O) groups excluding carboxylic acids is 1. The number of nitrogen functional groups attached to an aromatic ring is 1. The highest BCUT2D eigenvalue weighted by Gasteiger charge is 2.36. The molecule has 3 aromatic rings. The Morgan fingerprint density at radius 1 is 1.14 bits per heavy atom. The number of carboxylic acids is 1. The summed E-state index contributed by atoms with van der Waals surface area (Å²) in [5.41, 5.74) is 6.31. The van der Waals surface area contributed by atoms with E-state index in [0.717, 1.165) is 30.3 Å². The molecule has 0 saturated carbocycles. The number of carbonyl (C=O) groups is 2. The van der Waals surface area contributed by atoms with Crippen molar-refractivity contribution >= 4 is 17.7 Å². The van der Waals surface area contributed by atoms with E-state index in [4.69, 9.17) is 11.1 Å². The molecule has 1 aromatic heterocycles. The molecule has 0 fully saturated rings. The molecule has 5 N–H and O–H groups in total. The number of fused-ring (bicyclic) bond motifs is 1. The summed E-state index contributed by atoms with van der Waals surface area (Å²) in [7, 11) is 0. The lowest BCUT2D eigenvalue weighted by Crippen LogP contribution is -2.30.